The Bertz CT molecular complexity index is 183. The van der Waals surface area contributed by atoms with Crippen molar-refractivity contribution in [2.24, 2.45) is 5.73 Å². The summed E-state index contributed by atoms with van der Waals surface area (Å²) in [5.41, 5.74) is 4.91. The SMILES string of the molecule is CCCO/C=C/NC(O)CCC(N)=O. The van der Waals surface area contributed by atoms with Crippen molar-refractivity contribution in [3.05, 3.63) is 12.5 Å². The molecule has 82 valence electrons. The van der Waals surface area contributed by atoms with Crippen LogP contribution in [0.1, 0.15) is 26.2 Å². The van der Waals surface area contributed by atoms with E-state index in [2.05, 4.69) is 5.32 Å². The van der Waals surface area contributed by atoms with Crippen LogP contribution in [-0.2, 0) is 9.53 Å². The highest BCUT2D eigenvalue weighted by Crippen LogP contribution is 1.92. The molecule has 1 atom stereocenters. The first-order valence-electron chi connectivity index (χ1n) is 4.65. The van der Waals surface area contributed by atoms with Crippen molar-refractivity contribution in [1.29, 1.82) is 0 Å². The van der Waals surface area contributed by atoms with E-state index in [-0.39, 0.29) is 6.42 Å². The number of carbonyl (C=O) groups excluding carboxylic acids is 1. The summed E-state index contributed by atoms with van der Waals surface area (Å²) in [5, 5.41) is 11.9. The number of amides is 1. The highest BCUT2D eigenvalue weighted by atomic mass is 16.5. The highest BCUT2D eigenvalue weighted by Gasteiger charge is 2.02. The van der Waals surface area contributed by atoms with Gasteiger partial charge in [-0.2, -0.15) is 0 Å². The number of nitrogens with one attached hydrogen (secondary N) is 1. The summed E-state index contributed by atoms with van der Waals surface area (Å²) in [4.78, 5) is 10.4. The van der Waals surface area contributed by atoms with Crippen molar-refractivity contribution in [2.75, 3.05) is 6.61 Å². The Labute approximate surface area is 83.9 Å². The van der Waals surface area contributed by atoms with E-state index in [1.165, 1.54) is 12.5 Å². The van der Waals surface area contributed by atoms with Crippen LogP contribution < -0.4 is 11.1 Å². The van der Waals surface area contributed by atoms with E-state index in [0.29, 0.717) is 13.0 Å². The second-order valence-electron chi connectivity index (χ2n) is 2.86. The first-order chi connectivity index (χ1) is 6.66. The summed E-state index contributed by atoms with van der Waals surface area (Å²) in [6.07, 6.45) is 3.61. The van der Waals surface area contributed by atoms with Crippen LogP contribution in [0.4, 0.5) is 0 Å². The van der Waals surface area contributed by atoms with Crippen LogP contribution in [0.15, 0.2) is 12.5 Å². The third kappa shape index (κ3) is 8.86. The largest absolute Gasteiger partial charge is 0.500 e. The molecule has 0 saturated heterocycles. The lowest BCUT2D eigenvalue weighted by Crippen LogP contribution is -2.25. The van der Waals surface area contributed by atoms with Crippen LogP contribution in [0.5, 0.6) is 0 Å². The second kappa shape index (κ2) is 8.37. The van der Waals surface area contributed by atoms with E-state index in [9.17, 15) is 9.90 Å². The molecule has 14 heavy (non-hydrogen) atoms. The number of aliphatic hydroxyl groups excluding tert-OH is 1. The number of hydrogen-bond acceptors (Lipinski definition) is 4. The van der Waals surface area contributed by atoms with Crippen molar-refractivity contribution in [3.63, 3.8) is 0 Å². The zero-order valence-corrected chi connectivity index (χ0v) is 8.40. The fourth-order valence-electron chi connectivity index (χ4n) is 0.747. The zero-order valence-electron chi connectivity index (χ0n) is 8.40. The Balaban J connectivity index is 3.38. The van der Waals surface area contributed by atoms with Gasteiger partial charge < -0.3 is 20.9 Å². The van der Waals surface area contributed by atoms with Crippen LogP contribution >= 0.6 is 0 Å². The minimum atomic E-state index is -0.760. The molecular formula is C9H18N2O3. The predicted octanol–water partition coefficient (Wildman–Crippen LogP) is 0.0577. The van der Waals surface area contributed by atoms with Crippen LogP contribution in [0.25, 0.3) is 0 Å². The summed E-state index contributed by atoms with van der Waals surface area (Å²) >= 11 is 0. The summed E-state index contributed by atoms with van der Waals surface area (Å²) in [7, 11) is 0. The number of nitrogens with two attached hydrogens (primary N) is 1. The van der Waals surface area contributed by atoms with Crippen LogP contribution in [-0.4, -0.2) is 23.8 Å². The summed E-state index contributed by atoms with van der Waals surface area (Å²) in [6, 6.07) is 0. The number of hydrogen-bond donors (Lipinski definition) is 3. The molecule has 0 aliphatic rings. The third-order valence-electron chi connectivity index (χ3n) is 1.44. The van der Waals surface area contributed by atoms with Crippen LogP contribution in [0.3, 0.4) is 0 Å². The van der Waals surface area contributed by atoms with Gasteiger partial charge in [0.15, 0.2) is 0 Å². The summed E-state index contributed by atoms with van der Waals surface area (Å²) < 4.78 is 5.01. The van der Waals surface area contributed by atoms with Gasteiger partial charge in [-0.05, 0) is 6.42 Å². The maximum absolute atomic E-state index is 10.4. The van der Waals surface area contributed by atoms with Gasteiger partial charge in [0.25, 0.3) is 0 Å². The number of primary amides is 1. The topological polar surface area (TPSA) is 84.6 Å². The Morgan fingerprint density at radius 2 is 2.43 bits per heavy atom. The number of rotatable bonds is 8. The van der Waals surface area contributed by atoms with E-state index in [0.717, 1.165) is 6.42 Å². The molecule has 0 aliphatic carbocycles. The molecule has 0 aromatic carbocycles. The summed E-state index contributed by atoms with van der Waals surface area (Å²) in [5.74, 6) is -0.419. The fraction of sp³-hybridized carbons (Fsp3) is 0.667. The molecule has 0 spiro atoms. The Morgan fingerprint density at radius 1 is 1.71 bits per heavy atom. The van der Waals surface area contributed by atoms with Gasteiger partial charge in [0.2, 0.25) is 5.91 Å². The van der Waals surface area contributed by atoms with Gasteiger partial charge in [0.05, 0.1) is 12.9 Å². The van der Waals surface area contributed by atoms with Gasteiger partial charge in [-0.3, -0.25) is 4.79 Å². The fourth-order valence-corrected chi connectivity index (χ4v) is 0.747. The molecule has 0 fully saturated rings. The monoisotopic (exact) mass is 202 g/mol. The smallest absolute Gasteiger partial charge is 0.217 e. The Hall–Kier alpha value is -1.23. The molecule has 0 bridgehead atoms. The second-order valence-corrected chi connectivity index (χ2v) is 2.86. The zero-order chi connectivity index (χ0) is 10.8. The van der Waals surface area contributed by atoms with E-state index >= 15 is 0 Å². The van der Waals surface area contributed by atoms with Crippen molar-refractivity contribution in [3.8, 4) is 0 Å². The molecule has 0 aromatic heterocycles. The molecule has 0 saturated carbocycles. The molecule has 0 rings (SSSR count). The average Bonchev–Trinajstić information content (AvgIpc) is 2.14. The van der Waals surface area contributed by atoms with Gasteiger partial charge >= 0.3 is 0 Å². The van der Waals surface area contributed by atoms with Crippen molar-refractivity contribution < 1.29 is 14.6 Å². The van der Waals surface area contributed by atoms with Gasteiger partial charge in [0, 0.05) is 19.0 Å². The van der Waals surface area contributed by atoms with Gasteiger partial charge in [-0.1, -0.05) is 6.92 Å². The van der Waals surface area contributed by atoms with Crippen molar-refractivity contribution in [1.82, 2.24) is 5.32 Å². The van der Waals surface area contributed by atoms with Crippen LogP contribution in [0.2, 0.25) is 0 Å². The van der Waals surface area contributed by atoms with Crippen molar-refractivity contribution in [2.45, 2.75) is 32.4 Å². The third-order valence-corrected chi connectivity index (χ3v) is 1.44. The van der Waals surface area contributed by atoms with E-state index < -0.39 is 12.1 Å². The maximum atomic E-state index is 10.4. The van der Waals surface area contributed by atoms with E-state index in [4.69, 9.17) is 10.5 Å². The standard InChI is InChI=1S/C9H18N2O3/c1-2-6-14-7-5-11-9(13)4-3-8(10)12/h5,7,9,11,13H,2-4,6H2,1H3,(H2,10,12)/b7-5+. The molecule has 0 aliphatic heterocycles. The Morgan fingerprint density at radius 3 is 3.00 bits per heavy atom. The molecular weight excluding hydrogens is 184 g/mol. The summed E-state index contributed by atoms with van der Waals surface area (Å²) in [6.45, 7) is 2.65. The van der Waals surface area contributed by atoms with Gasteiger partial charge in [-0.15, -0.1) is 0 Å². The maximum Gasteiger partial charge on any atom is 0.217 e. The number of carbonyl (C=O) groups is 1. The molecule has 1 amide bonds. The first kappa shape index (κ1) is 12.8. The van der Waals surface area contributed by atoms with Crippen LogP contribution in [0, 0.1) is 0 Å². The van der Waals surface area contributed by atoms with E-state index in [1.54, 1.807) is 0 Å². The first-order valence-corrected chi connectivity index (χ1v) is 4.65. The molecule has 4 N–H and O–H groups in total. The number of aliphatic hydroxyl groups is 1. The Kier molecular flexibility index (Phi) is 7.64. The lowest BCUT2D eigenvalue weighted by atomic mass is 10.3. The molecule has 5 nitrogen and oxygen atoms in total. The average molecular weight is 202 g/mol. The predicted molar refractivity (Wildman–Crippen MR) is 53.0 cm³/mol. The lowest BCUT2D eigenvalue weighted by Gasteiger charge is -2.08. The lowest BCUT2D eigenvalue weighted by molar-refractivity contribution is -0.118. The van der Waals surface area contributed by atoms with Crippen molar-refractivity contribution >= 4 is 5.91 Å². The quantitative estimate of drug-likeness (QED) is 0.295. The van der Waals surface area contributed by atoms with Gasteiger partial charge in [0.1, 0.15) is 6.23 Å². The van der Waals surface area contributed by atoms with E-state index in [1.807, 2.05) is 6.92 Å². The minimum Gasteiger partial charge on any atom is -0.500 e. The molecule has 1 unspecified atom stereocenters. The highest BCUT2D eigenvalue weighted by molar-refractivity contribution is 5.73. The number of ether oxygens (including phenoxy) is 1. The normalized spacial score (nSPS) is 12.7. The molecule has 0 aromatic rings. The molecule has 5 heteroatoms. The molecule has 0 radical (unpaired) electrons. The molecule has 0 heterocycles. The minimum absolute atomic E-state index is 0.165. The van der Waals surface area contributed by atoms with Gasteiger partial charge in [-0.25, -0.2) is 0 Å².